The third kappa shape index (κ3) is 8.24. The van der Waals surface area contributed by atoms with Gasteiger partial charge in [0.15, 0.2) is 0 Å². The van der Waals surface area contributed by atoms with Crippen molar-refractivity contribution in [2.24, 2.45) is 0 Å². The topological polar surface area (TPSA) is 75.6 Å². The van der Waals surface area contributed by atoms with E-state index in [0.29, 0.717) is 0 Å². The second-order valence-corrected chi connectivity index (χ2v) is 4.56. The Balaban J connectivity index is 4.41. The Morgan fingerprint density at radius 3 is 2.35 bits per heavy atom. The summed E-state index contributed by atoms with van der Waals surface area (Å²) in [4.78, 5) is 22.1. The Bertz CT molecular complexity index is 316. The van der Waals surface area contributed by atoms with Crippen LogP contribution in [0.3, 0.4) is 0 Å². The summed E-state index contributed by atoms with van der Waals surface area (Å²) < 4.78 is 17.4. The van der Waals surface area contributed by atoms with Crippen LogP contribution in [0.15, 0.2) is 11.9 Å². The monoisotopic (exact) mass is 247 g/mol. The summed E-state index contributed by atoms with van der Waals surface area (Å²) in [5.74, 6) is -1.74. The van der Waals surface area contributed by atoms with Crippen molar-refractivity contribution in [2.75, 3.05) is 0 Å². The lowest BCUT2D eigenvalue weighted by Gasteiger charge is -2.21. The van der Waals surface area contributed by atoms with Gasteiger partial charge >= 0.3 is 12.1 Å². The first kappa shape index (κ1) is 15.4. The van der Waals surface area contributed by atoms with Crippen molar-refractivity contribution in [1.29, 1.82) is 0 Å². The van der Waals surface area contributed by atoms with E-state index in [-0.39, 0.29) is 6.42 Å². The molecule has 1 atom stereocenters. The van der Waals surface area contributed by atoms with Crippen molar-refractivity contribution in [3.63, 3.8) is 0 Å². The molecule has 17 heavy (non-hydrogen) atoms. The van der Waals surface area contributed by atoms with Gasteiger partial charge in [0.05, 0.1) is 5.83 Å². The van der Waals surface area contributed by atoms with E-state index in [4.69, 9.17) is 9.84 Å². The number of hydrogen-bond donors (Lipinski definition) is 2. The molecule has 0 saturated heterocycles. The van der Waals surface area contributed by atoms with Gasteiger partial charge in [0.1, 0.15) is 11.6 Å². The fourth-order valence-corrected chi connectivity index (χ4v) is 0.952. The summed E-state index contributed by atoms with van der Waals surface area (Å²) in [7, 11) is 0. The number of halogens is 1. The number of carboxylic acid groups (broad SMARTS) is 1. The average molecular weight is 247 g/mol. The number of ether oxygens (including phenoxy) is 1. The van der Waals surface area contributed by atoms with Gasteiger partial charge in [-0.3, -0.25) is 0 Å². The molecule has 0 fully saturated rings. The molecule has 0 heterocycles. The van der Waals surface area contributed by atoms with Crippen LogP contribution >= 0.6 is 0 Å². The number of amides is 1. The lowest BCUT2D eigenvalue weighted by Crippen LogP contribution is -2.43. The molecule has 6 heteroatoms. The van der Waals surface area contributed by atoms with Crippen LogP contribution in [-0.4, -0.2) is 28.8 Å². The maximum atomic E-state index is 12.5. The molecular formula is C11H18FNO4. The number of rotatable bonds is 4. The summed E-state index contributed by atoms with van der Waals surface area (Å²) >= 11 is 0. The molecule has 0 rings (SSSR count). The number of carboxylic acids is 1. The lowest BCUT2D eigenvalue weighted by atomic mass is 10.2. The number of carbonyl (C=O) groups excluding carboxylic acids is 1. The zero-order chi connectivity index (χ0) is 13.6. The zero-order valence-electron chi connectivity index (χ0n) is 10.4. The number of nitrogens with one attached hydrogen (secondary N) is 1. The first-order chi connectivity index (χ1) is 7.61. The second kappa shape index (κ2) is 6.22. The summed E-state index contributed by atoms with van der Waals surface area (Å²) in [6, 6.07) is -1.20. The minimum absolute atomic E-state index is 0.128. The van der Waals surface area contributed by atoms with Gasteiger partial charge in [-0.25, -0.2) is 14.0 Å². The number of hydrogen-bond acceptors (Lipinski definition) is 3. The SMILES string of the molecule is C/C(F)=C\C[C@@H](NC(=O)OC(C)(C)C)C(=O)O. The van der Waals surface area contributed by atoms with Crippen LogP contribution in [-0.2, 0) is 9.53 Å². The maximum absolute atomic E-state index is 12.5. The Morgan fingerprint density at radius 2 is 2.00 bits per heavy atom. The third-order valence-electron chi connectivity index (χ3n) is 1.62. The van der Waals surface area contributed by atoms with E-state index in [1.807, 2.05) is 0 Å². The number of aliphatic carboxylic acids is 1. The van der Waals surface area contributed by atoms with E-state index in [9.17, 15) is 14.0 Å². The fourth-order valence-electron chi connectivity index (χ4n) is 0.952. The van der Waals surface area contributed by atoms with E-state index < -0.39 is 29.5 Å². The van der Waals surface area contributed by atoms with E-state index in [0.717, 1.165) is 6.08 Å². The molecule has 0 saturated carbocycles. The molecule has 2 N–H and O–H groups in total. The van der Waals surface area contributed by atoms with E-state index >= 15 is 0 Å². The molecule has 0 radical (unpaired) electrons. The van der Waals surface area contributed by atoms with Crippen LogP contribution in [0.2, 0.25) is 0 Å². The first-order valence-corrected chi connectivity index (χ1v) is 5.16. The summed E-state index contributed by atoms with van der Waals surface area (Å²) in [6.07, 6.45) is 0.127. The number of allylic oxidation sites excluding steroid dienone is 1. The van der Waals surface area contributed by atoms with Crippen LogP contribution in [0, 0.1) is 0 Å². The van der Waals surface area contributed by atoms with Crippen molar-refractivity contribution in [3.05, 3.63) is 11.9 Å². The quantitative estimate of drug-likeness (QED) is 0.798. The van der Waals surface area contributed by atoms with E-state index in [2.05, 4.69) is 5.32 Å². The van der Waals surface area contributed by atoms with Crippen molar-refractivity contribution >= 4 is 12.1 Å². The van der Waals surface area contributed by atoms with Gasteiger partial charge < -0.3 is 15.2 Å². The van der Waals surface area contributed by atoms with Crippen LogP contribution in [0.4, 0.5) is 9.18 Å². The summed E-state index contributed by atoms with van der Waals surface area (Å²) in [5, 5.41) is 11.0. The average Bonchev–Trinajstić information content (AvgIpc) is 2.08. The van der Waals surface area contributed by atoms with Crippen LogP contribution in [0.1, 0.15) is 34.1 Å². The third-order valence-corrected chi connectivity index (χ3v) is 1.62. The largest absolute Gasteiger partial charge is 0.480 e. The molecule has 0 bridgehead atoms. The predicted molar refractivity (Wildman–Crippen MR) is 60.3 cm³/mol. The second-order valence-electron chi connectivity index (χ2n) is 4.56. The van der Waals surface area contributed by atoms with Crippen molar-refractivity contribution in [3.8, 4) is 0 Å². The molecule has 0 aliphatic carbocycles. The minimum atomic E-state index is -1.24. The normalized spacial score (nSPS) is 14.1. The smallest absolute Gasteiger partial charge is 0.408 e. The van der Waals surface area contributed by atoms with Gasteiger partial charge in [0.25, 0.3) is 0 Å². The van der Waals surface area contributed by atoms with Gasteiger partial charge in [0, 0.05) is 0 Å². The molecule has 0 spiro atoms. The van der Waals surface area contributed by atoms with Crippen LogP contribution in [0.5, 0.6) is 0 Å². The molecule has 0 aromatic carbocycles. The molecule has 5 nitrogen and oxygen atoms in total. The molecule has 0 aliphatic rings. The molecule has 0 aromatic heterocycles. The highest BCUT2D eigenvalue weighted by molar-refractivity contribution is 5.80. The van der Waals surface area contributed by atoms with Crippen molar-refractivity contribution < 1.29 is 23.8 Å². The predicted octanol–water partition coefficient (Wildman–Crippen LogP) is 2.23. The van der Waals surface area contributed by atoms with Gasteiger partial charge in [-0.2, -0.15) is 0 Å². The molecule has 0 aromatic rings. The van der Waals surface area contributed by atoms with E-state index in [1.165, 1.54) is 6.92 Å². The zero-order valence-corrected chi connectivity index (χ0v) is 10.4. The Hall–Kier alpha value is -1.59. The first-order valence-electron chi connectivity index (χ1n) is 5.16. The van der Waals surface area contributed by atoms with Gasteiger partial charge in [0.2, 0.25) is 0 Å². The highest BCUT2D eigenvalue weighted by Gasteiger charge is 2.23. The lowest BCUT2D eigenvalue weighted by molar-refractivity contribution is -0.139. The van der Waals surface area contributed by atoms with Gasteiger partial charge in [-0.1, -0.05) is 6.08 Å². The number of alkyl carbamates (subject to hydrolysis) is 1. The molecular weight excluding hydrogens is 229 g/mol. The summed E-state index contributed by atoms with van der Waals surface area (Å²) in [6.45, 7) is 6.18. The summed E-state index contributed by atoms with van der Waals surface area (Å²) in [5.41, 5.74) is -0.709. The van der Waals surface area contributed by atoms with E-state index in [1.54, 1.807) is 20.8 Å². The van der Waals surface area contributed by atoms with Crippen LogP contribution in [0.25, 0.3) is 0 Å². The Labute approximate surface area is 99.6 Å². The standard InChI is InChI=1S/C11H18FNO4/c1-7(12)5-6-8(9(14)15)13-10(16)17-11(2,3)4/h5,8H,6H2,1-4H3,(H,13,16)(H,14,15)/b7-5+/t8-/m1/s1. The van der Waals surface area contributed by atoms with Crippen molar-refractivity contribution in [1.82, 2.24) is 5.32 Å². The molecule has 1 amide bonds. The highest BCUT2D eigenvalue weighted by Crippen LogP contribution is 2.08. The fraction of sp³-hybridized carbons (Fsp3) is 0.636. The highest BCUT2D eigenvalue weighted by atomic mass is 19.1. The minimum Gasteiger partial charge on any atom is -0.480 e. The van der Waals surface area contributed by atoms with Crippen molar-refractivity contribution in [2.45, 2.75) is 45.8 Å². The molecule has 0 aliphatic heterocycles. The van der Waals surface area contributed by atoms with Crippen LogP contribution < -0.4 is 5.32 Å². The molecule has 98 valence electrons. The van der Waals surface area contributed by atoms with Gasteiger partial charge in [-0.15, -0.1) is 0 Å². The maximum Gasteiger partial charge on any atom is 0.408 e. The van der Waals surface area contributed by atoms with Gasteiger partial charge in [-0.05, 0) is 34.1 Å². The Kier molecular flexibility index (Phi) is 5.64. The molecule has 0 unspecified atom stereocenters. The number of carbonyl (C=O) groups is 2. The Morgan fingerprint density at radius 1 is 1.47 bits per heavy atom.